The van der Waals surface area contributed by atoms with Gasteiger partial charge in [0.15, 0.2) is 0 Å². The number of nitrogens with one attached hydrogen (secondary N) is 1. The summed E-state index contributed by atoms with van der Waals surface area (Å²) in [6.07, 6.45) is 5.12. The molecule has 1 atom stereocenters. The maximum atomic E-state index is 4.37. The van der Waals surface area contributed by atoms with Crippen LogP contribution in [-0.4, -0.2) is 16.3 Å². The normalized spacial score (nSPS) is 12.6. The third kappa shape index (κ3) is 3.67. The van der Waals surface area contributed by atoms with Crippen molar-refractivity contribution in [2.24, 2.45) is 0 Å². The van der Waals surface area contributed by atoms with E-state index < -0.39 is 0 Å². The van der Waals surface area contributed by atoms with Crippen LogP contribution in [0, 0.1) is 6.92 Å². The topological polar surface area (TPSA) is 29.9 Å². The van der Waals surface area contributed by atoms with Gasteiger partial charge in [-0.3, -0.25) is 4.68 Å². The lowest BCUT2D eigenvalue weighted by atomic mass is 10.0. The van der Waals surface area contributed by atoms with Crippen molar-refractivity contribution in [1.29, 1.82) is 0 Å². The third-order valence-electron chi connectivity index (χ3n) is 3.39. The minimum atomic E-state index is 0.341. The fourth-order valence-electron chi connectivity index (χ4n) is 2.25. The van der Waals surface area contributed by atoms with Crippen LogP contribution in [0.1, 0.15) is 36.6 Å². The molecule has 0 amide bonds. The molecule has 0 spiro atoms. The summed E-state index contributed by atoms with van der Waals surface area (Å²) in [7, 11) is 0. The van der Waals surface area contributed by atoms with Crippen LogP contribution in [0.5, 0.6) is 0 Å². The summed E-state index contributed by atoms with van der Waals surface area (Å²) >= 11 is 0. The number of likely N-dealkylation sites (N-methyl/N-ethyl adjacent to an activating group) is 1. The van der Waals surface area contributed by atoms with Crippen LogP contribution in [0.4, 0.5) is 0 Å². The van der Waals surface area contributed by atoms with Crippen molar-refractivity contribution in [1.82, 2.24) is 15.1 Å². The molecule has 2 aromatic rings. The summed E-state index contributed by atoms with van der Waals surface area (Å²) in [6, 6.07) is 9.11. The number of rotatable bonds is 6. The average Bonchev–Trinajstić information content (AvgIpc) is 2.89. The van der Waals surface area contributed by atoms with Crippen LogP contribution in [0.25, 0.3) is 0 Å². The molecule has 0 radical (unpaired) electrons. The fraction of sp³-hybridized carbons (Fsp3) is 0.438. The Hall–Kier alpha value is -1.61. The van der Waals surface area contributed by atoms with E-state index in [1.807, 2.05) is 10.9 Å². The van der Waals surface area contributed by atoms with Crippen LogP contribution in [0.15, 0.2) is 36.7 Å². The number of aryl methyl sites for hydroxylation is 2. The van der Waals surface area contributed by atoms with E-state index in [-0.39, 0.29) is 0 Å². The van der Waals surface area contributed by atoms with Crippen molar-refractivity contribution in [3.8, 4) is 0 Å². The predicted octanol–water partition coefficient (Wildman–Crippen LogP) is 3.10. The van der Waals surface area contributed by atoms with E-state index >= 15 is 0 Å². The molecule has 0 saturated heterocycles. The number of hydrogen-bond acceptors (Lipinski definition) is 2. The summed E-state index contributed by atoms with van der Waals surface area (Å²) in [5, 5.41) is 7.92. The van der Waals surface area contributed by atoms with Crippen molar-refractivity contribution >= 4 is 0 Å². The highest BCUT2D eigenvalue weighted by atomic mass is 15.3. The van der Waals surface area contributed by atoms with Gasteiger partial charge in [-0.15, -0.1) is 0 Å². The molecular weight excluding hydrogens is 234 g/mol. The smallest absolute Gasteiger partial charge is 0.0537 e. The molecule has 3 nitrogen and oxygen atoms in total. The first kappa shape index (κ1) is 13.8. The Morgan fingerprint density at radius 3 is 2.53 bits per heavy atom. The average molecular weight is 257 g/mol. The first-order valence-corrected chi connectivity index (χ1v) is 7.04. The molecule has 0 fully saturated rings. The molecular formula is C16H23N3. The van der Waals surface area contributed by atoms with Crippen molar-refractivity contribution in [2.75, 3.05) is 6.54 Å². The van der Waals surface area contributed by atoms with Crippen molar-refractivity contribution < 1.29 is 0 Å². The number of hydrogen-bond donors (Lipinski definition) is 1. The van der Waals surface area contributed by atoms with Gasteiger partial charge in [0.05, 0.1) is 6.20 Å². The zero-order valence-corrected chi connectivity index (χ0v) is 12.1. The summed E-state index contributed by atoms with van der Waals surface area (Å²) < 4.78 is 1.98. The molecule has 1 N–H and O–H groups in total. The third-order valence-corrected chi connectivity index (χ3v) is 3.39. The van der Waals surface area contributed by atoms with Gasteiger partial charge in [0, 0.05) is 24.3 Å². The Kier molecular flexibility index (Phi) is 4.74. The lowest BCUT2D eigenvalue weighted by Crippen LogP contribution is -2.22. The molecule has 0 bridgehead atoms. The number of nitrogens with zero attached hydrogens (tertiary/aromatic N) is 2. The summed E-state index contributed by atoms with van der Waals surface area (Å²) in [6.45, 7) is 8.26. The van der Waals surface area contributed by atoms with Gasteiger partial charge in [-0.05, 0) is 32.4 Å². The molecule has 1 heterocycles. The molecule has 0 aliphatic rings. The van der Waals surface area contributed by atoms with Gasteiger partial charge in [0.2, 0.25) is 0 Å². The highest BCUT2D eigenvalue weighted by Crippen LogP contribution is 2.18. The van der Waals surface area contributed by atoms with Gasteiger partial charge in [0.25, 0.3) is 0 Å². The predicted molar refractivity (Wildman–Crippen MR) is 79.2 cm³/mol. The van der Waals surface area contributed by atoms with E-state index in [0.717, 1.165) is 19.5 Å². The summed E-state index contributed by atoms with van der Waals surface area (Å²) in [5.41, 5.74) is 3.94. The molecule has 2 rings (SSSR count). The van der Waals surface area contributed by atoms with Crippen molar-refractivity contribution in [3.05, 3.63) is 53.3 Å². The maximum absolute atomic E-state index is 4.37. The van der Waals surface area contributed by atoms with E-state index in [4.69, 9.17) is 0 Å². The highest BCUT2D eigenvalue weighted by Gasteiger charge is 2.13. The maximum Gasteiger partial charge on any atom is 0.0537 e. The fourth-order valence-corrected chi connectivity index (χ4v) is 2.25. The number of aromatic nitrogens is 2. The molecule has 0 aliphatic carbocycles. The van der Waals surface area contributed by atoms with Crippen LogP contribution in [0.2, 0.25) is 0 Å². The Morgan fingerprint density at radius 1 is 1.21 bits per heavy atom. The summed E-state index contributed by atoms with van der Waals surface area (Å²) in [4.78, 5) is 0. The molecule has 1 aromatic heterocycles. The van der Waals surface area contributed by atoms with Gasteiger partial charge in [-0.2, -0.15) is 5.10 Å². The highest BCUT2D eigenvalue weighted by molar-refractivity contribution is 5.24. The zero-order chi connectivity index (χ0) is 13.7. The second-order valence-corrected chi connectivity index (χ2v) is 4.93. The van der Waals surface area contributed by atoms with E-state index in [2.05, 4.69) is 61.6 Å². The second-order valence-electron chi connectivity index (χ2n) is 4.93. The first-order chi connectivity index (χ1) is 9.22. The molecule has 0 aliphatic heterocycles. The van der Waals surface area contributed by atoms with Crippen molar-refractivity contribution in [2.45, 2.75) is 39.8 Å². The zero-order valence-electron chi connectivity index (χ0n) is 12.1. The van der Waals surface area contributed by atoms with Gasteiger partial charge >= 0.3 is 0 Å². The molecule has 1 unspecified atom stereocenters. The van der Waals surface area contributed by atoms with Crippen LogP contribution >= 0.6 is 0 Å². The summed E-state index contributed by atoms with van der Waals surface area (Å²) in [5.74, 6) is 0. The molecule has 0 saturated carbocycles. The lowest BCUT2D eigenvalue weighted by Gasteiger charge is -2.16. The van der Waals surface area contributed by atoms with Crippen LogP contribution in [0.3, 0.4) is 0 Å². The SMILES string of the molecule is CCNC(Cc1ccc(C)cc1)c1cnn(CC)c1. The van der Waals surface area contributed by atoms with E-state index in [1.54, 1.807) is 0 Å². The molecule has 1 aromatic carbocycles. The lowest BCUT2D eigenvalue weighted by molar-refractivity contribution is 0.548. The minimum Gasteiger partial charge on any atom is -0.310 e. The van der Waals surface area contributed by atoms with Gasteiger partial charge in [0.1, 0.15) is 0 Å². The van der Waals surface area contributed by atoms with Crippen molar-refractivity contribution in [3.63, 3.8) is 0 Å². The quantitative estimate of drug-likeness (QED) is 0.861. The van der Waals surface area contributed by atoms with E-state index in [9.17, 15) is 0 Å². The Bertz CT molecular complexity index is 499. The molecule has 19 heavy (non-hydrogen) atoms. The monoisotopic (exact) mass is 257 g/mol. The standard InChI is InChI=1S/C16H23N3/c1-4-17-16(15-11-18-19(5-2)12-15)10-14-8-6-13(3)7-9-14/h6-9,11-12,16-17H,4-5,10H2,1-3H3. The van der Waals surface area contributed by atoms with E-state index in [0.29, 0.717) is 6.04 Å². The van der Waals surface area contributed by atoms with E-state index in [1.165, 1.54) is 16.7 Å². The second kappa shape index (κ2) is 6.53. The Labute approximate surface area is 115 Å². The Balaban J connectivity index is 2.13. The first-order valence-electron chi connectivity index (χ1n) is 7.04. The van der Waals surface area contributed by atoms with Crippen LogP contribution in [-0.2, 0) is 13.0 Å². The molecule has 3 heteroatoms. The number of benzene rings is 1. The van der Waals surface area contributed by atoms with Gasteiger partial charge in [-0.25, -0.2) is 0 Å². The largest absolute Gasteiger partial charge is 0.310 e. The van der Waals surface area contributed by atoms with Gasteiger partial charge in [-0.1, -0.05) is 36.8 Å². The minimum absolute atomic E-state index is 0.341. The Morgan fingerprint density at radius 2 is 1.95 bits per heavy atom. The van der Waals surface area contributed by atoms with Gasteiger partial charge < -0.3 is 5.32 Å². The molecule has 102 valence electrons. The van der Waals surface area contributed by atoms with Crippen LogP contribution < -0.4 is 5.32 Å².